The summed E-state index contributed by atoms with van der Waals surface area (Å²) in [6.07, 6.45) is 2.56. The number of aryl methyl sites for hydroxylation is 1. The fourth-order valence-electron chi connectivity index (χ4n) is 1.71. The summed E-state index contributed by atoms with van der Waals surface area (Å²) in [4.78, 5) is 12.0. The number of hydrogen-bond donors (Lipinski definition) is 2. The molecule has 0 atom stereocenters. The van der Waals surface area contributed by atoms with Crippen LogP contribution in [0.5, 0.6) is 0 Å². The maximum Gasteiger partial charge on any atom is 0.274 e. The molecule has 0 unspecified atom stereocenters. The van der Waals surface area contributed by atoms with Gasteiger partial charge in [0, 0.05) is 19.7 Å². The normalized spacial score (nSPS) is 10.9. The highest BCUT2D eigenvalue weighted by atomic mass is 32.1. The van der Waals surface area contributed by atoms with Crippen LogP contribution in [0.1, 0.15) is 29.3 Å². The van der Waals surface area contributed by atoms with E-state index in [0.29, 0.717) is 22.4 Å². The van der Waals surface area contributed by atoms with E-state index < -0.39 is 0 Å². The van der Waals surface area contributed by atoms with Crippen molar-refractivity contribution < 1.29 is 4.79 Å². The lowest BCUT2D eigenvalue weighted by Gasteiger charge is -2.01. The molecule has 0 aromatic carbocycles. The summed E-state index contributed by atoms with van der Waals surface area (Å²) in [5.74, 6) is 0.288. The minimum absolute atomic E-state index is 0.230. The van der Waals surface area contributed by atoms with Crippen LogP contribution in [0.4, 0.5) is 10.8 Å². The molecule has 0 aliphatic rings. The largest absolute Gasteiger partial charge is 0.397 e. The smallest absolute Gasteiger partial charge is 0.274 e. The fraction of sp³-hybridized carbons (Fsp3) is 0.417. The third kappa shape index (κ3) is 3.31. The molecule has 2 heterocycles. The number of nitrogen functional groups attached to an aromatic ring is 1. The third-order valence-electron chi connectivity index (χ3n) is 2.53. The number of carbonyl (C=O) groups is 1. The molecule has 0 aliphatic heterocycles. The molecule has 0 bridgehead atoms. The van der Waals surface area contributed by atoms with Crippen LogP contribution in [-0.2, 0) is 13.5 Å². The van der Waals surface area contributed by atoms with Crippen LogP contribution in [0.15, 0.2) is 12.3 Å². The van der Waals surface area contributed by atoms with E-state index in [9.17, 15) is 4.79 Å². The Morgan fingerprint density at radius 3 is 2.84 bits per heavy atom. The van der Waals surface area contributed by atoms with Crippen LogP contribution in [-0.4, -0.2) is 20.7 Å². The molecular weight excluding hydrogens is 262 g/mol. The van der Waals surface area contributed by atoms with Gasteiger partial charge < -0.3 is 10.3 Å². The number of hydrogen-bond acceptors (Lipinski definition) is 5. The minimum atomic E-state index is -0.230. The van der Waals surface area contributed by atoms with Crippen molar-refractivity contribution in [1.29, 1.82) is 0 Å². The van der Waals surface area contributed by atoms with Gasteiger partial charge in [-0.25, -0.2) is 0 Å². The highest BCUT2D eigenvalue weighted by Crippen LogP contribution is 2.19. The topological polar surface area (TPSA) is 85.8 Å². The zero-order valence-electron chi connectivity index (χ0n) is 11.2. The summed E-state index contributed by atoms with van der Waals surface area (Å²) >= 11 is 1.40. The highest BCUT2D eigenvalue weighted by Gasteiger charge is 2.14. The zero-order chi connectivity index (χ0) is 14.0. The lowest BCUT2D eigenvalue weighted by Crippen LogP contribution is -2.15. The number of amides is 1. The minimum Gasteiger partial charge on any atom is -0.397 e. The Labute approximate surface area is 115 Å². The quantitative estimate of drug-likeness (QED) is 0.895. The number of nitrogens with two attached hydrogens (primary N) is 1. The summed E-state index contributed by atoms with van der Waals surface area (Å²) in [6, 6.07) is 1.63. The molecule has 0 fully saturated rings. The molecule has 3 N–H and O–H groups in total. The first-order chi connectivity index (χ1) is 8.95. The second kappa shape index (κ2) is 5.40. The molecule has 7 heteroatoms. The SMILES string of the molecule is CC(C)Cc1nnc(NC(=O)c2cc(N)cn2C)s1. The van der Waals surface area contributed by atoms with Gasteiger partial charge in [-0.3, -0.25) is 10.1 Å². The van der Waals surface area contributed by atoms with Gasteiger partial charge in [0.25, 0.3) is 5.91 Å². The second-order valence-electron chi connectivity index (χ2n) is 4.82. The number of nitrogens with zero attached hydrogens (tertiary/aromatic N) is 3. The summed E-state index contributed by atoms with van der Waals surface area (Å²) in [5, 5.41) is 12.2. The lowest BCUT2D eigenvalue weighted by atomic mass is 10.1. The number of anilines is 2. The predicted molar refractivity (Wildman–Crippen MR) is 76.2 cm³/mol. The average Bonchev–Trinajstić information content (AvgIpc) is 2.84. The standard InChI is InChI=1S/C12H17N5OS/c1-7(2)4-10-15-16-12(19-10)14-11(18)9-5-8(13)6-17(9)3/h5-7H,4,13H2,1-3H3,(H,14,16,18). The molecule has 2 rings (SSSR count). The second-order valence-corrected chi connectivity index (χ2v) is 5.88. The van der Waals surface area contributed by atoms with Crippen molar-refractivity contribution in [1.82, 2.24) is 14.8 Å². The molecule has 6 nitrogen and oxygen atoms in total. The highest BCUT2D eigenvalue weighted by molar-refractivity contribution is 7.15. The molecule has 0 aliphatic carbocycles. The van der Waals surface area contributed by atoms with Crippen LogP contribution in [0.3, 0.4) is 0 Å². The summed E-state index contributed by atoms with van der Waals surface area (Å²) in [7, 11) is 1.77. The van der Waals surface area contributed by atoms with E-state index in [2.05, 4.69) is 29.4 Å². The van der Waals surface area contributed by atoms with Crippen molar-refractivity contribution in [3.8, 4) is 0 Å². The van der Waals surface area contributed by atoms with Crippen molar-refractivity contribution in [2.75, 3.05) is 11.1 Å². The Bertz CT molecular complexity index is 587. The van der Waals surface area contributed by atoms with Gasteiger partial charge in [-0.2, -0.15) is 0 Å². The van der Waals surface area contributed by atoms with Crippen LogP contribution < -0.4 is 11.1 Å². The molecule has 2 aromatic rings. The average molecular weight is 279 g/mol. The van der Waals surface area contributed by atoms with E-state index in [1.54, 1.807) is 23.9 Å². The van der Waals surface area contributed by atoms with Gasteiger partial charge in [0.05, 0.1) is 5.69 Å². The van der Waals surface area contributed by atoms with Crippen molar-refractivity contribution >= 4 is 28.1 Å². The van der Waals surface area contributed by atoms with Gasteiger partial charge in [-0.05, 0) is 12.0 Å². The summed E-state index contributed by atoms with van der Waals surface area (Å²) < 4.78 is 1.68. The Morgan fingerprint density at radius 2 is 2.26 bits per heavy atom. The number of carbonyl (C=O) groups excluding carboxylic acids is 1. The first-order valence-corrected chi connectivity index (χ1v) is 6.83. The predicted octanol–water partition coefficient (Wildman–Crippen LogP) is 1.91. The number of aromatic nitrogens is 3. The Morgan fingerprint density at radius 1 is 1.53 bits per heavy atom. The van der Waals surface area contributed by atoms with E-state index >= 15 is 0 Å². The fourth-order valence-corrected chi connectivity index (χ4v) is 2.66. The van der Waals surface area contributed by atoms with Crippen LogP contribution >= 0.6 is 11.3 Å². The zero-order valence-corrected chi connectivity index (χ0v) is 12.0. The summed E-state index contributed by atoms with van der Waals surface area (Å²) in [5.41, 5.74) is 6.70. The van der Waals surface area contributed by atoms with Crippen LogP contribution in [0.25, 0.3) is 0 Å². The van der Waals surface area contributed by atoms with Gasteiger partial charge >= 0.3 is 0 Å². The Kier molecular flexibility index (Phi) is 3.84. The Hall–Kier alpha value is -1.89. The number of nitrogens with one attached hydrogen (secondary N) is 1. The molecular formula is C12H17N5OS. The van der Waals surface area contributed by atoms with Crippen molar-refractivity contribution in [2.45, 2.75) is 20.3 Å². The molecule has 0 radical (unpaired) electrons. The maximum atomic E-state index is 12.0. The molecule has 1 amide bonds. The van der Waals surface area contributed by atoms with Crippen molar-refractivity contribution in [3.63, 3.8) is 0 Å². The summed E-state index contributed by atoms with van der Waals surface area (Å²) in [6.45, 7) is 4.23. The number of rotatable bonds is 4. The van der Waals surface area contributed by atoms with E-state index in [0.717, 1.165) is 11.4 Å². The first kappa shape index (κ1) is 13.5. The Balaban J connectivity index is 2.07. The molecule has 102 valence electrons. The van der Waals surface area contributed by atoms with E-state index in [4.69, 9.17) is 5.73 Å². The molecule has 0 saturated carbocycles. The van der Waals surface area contributed by atoms with Crippen molar-refractivity contribution in [3.05, 3.63) is 23.0 Å². The van der Waals surface area contributed by atoms with Gasteiger partial charge in [0.2, 0.25) is 5.13 Å². The van der Waals surface area contributed by atoms with E-state index in [1.807, 2.05) is 0 Å². The van der Waals surface area contributed by atoms with Gasteiger partial charge in [-0.15, -0.1) is 10.2 Å². The first-order valence-electron chi connectivity index (χ1n) is 6.01. The molecule has 0 saturated heterocycles. The van der Waals surface area contributed by atoms with E-state index in [1.165, 1.54) is 11.3 Å². The third-order valence-corrected chi connectivity index (χ3v) is 3.39. The van der Waals surface area contributed by atoms with Gasteiger partial charge in [0.1, 0.15) is 10.7 Å². The maximum absolute atomic E-state index is 12.0. The molecule has 0 spiro atoms. The van der Waals surface area contributed by atoms with Crippen LogP contribution in [0.2, 0.25) is 0 Å². The van der Waals surface area contributed by atoms with Gasteiger partial charge in [0.15, 0.2) is 0 Å². The van der Waals surface area contributed by atoms with Crippen molar-refractivity contribution in [2.24, 2.45) is 13.0 Å². The lowest BCUT2D eigenvalue weighted by molar-refractivity contribution is 0.101. The van der Waals surface area contributed by atoms with Gasteiger partial charge in [-0.1, -0.05) is 25.2 Å². The van der Waals surface area contributed by atoms with Crippen LogP contribution in [0, 0.1) is 5.92 Å². The monoisotopic (exact) mass is 279 g/mol. The molecule has 19 heavy (non-hydrogen) atoms. The molecule has 2 aromatic heterocycles. The van der Waals surface area contributed by atoms with E-state index in [-0.39, 0.29) is 5.91 Å².